The third kappa shape index (κ3) is 7.66. The van der Waals surface area contributed by atoms with E-state index in [-0.39, 0.29) is 36.0 Å². The highest BCUT2D eigenvalue weighted by atomic mass is 16.7. The van der Waals surface area contributed by atoms with E-state index < -0.39 is 80.6 Å². The second kappa shape index (κ2) is 15.2. The molecule has 0 aromatic heterocycles. The molecule has 0 radical (unpaired) electrons. The highest BCUT2D eigenvalue weighted by molar-refractivity contribution is 5.91. The predicted molar refractivity (Wildman–Crippen MR) is 138 cm³/mol. The Morgan fingerprint density at radius 2 is 1.38 bits per heavy atom. The number of aliphatic hydroxyl groups is 8. The number of benzene rings is 1. The molecule has 1 aromatic carbocycles. The lowest BCUT2D eigenvalue weighted by Crippen LogP contribution is -2.60. The molecule has 0 unspecified atom stereocenters. The van der Waals surface area contributed by atoms with Gasteiger partial charge in [-0.15, -0.1) is 0 Å². The summed E-state index contributed by atoms with van der Waals surface area (Å²) in [7, 11) is 2.50. The van der Waals surface area contributed by atoms with Crippen LogP contribution < -0.4 is 14.2 Å². The standard InChI is InChI=1S/C26H38O16/c1-11(8-27)4-5-38-25-21(33)20(32)18(30)16(41-25)10-39-24(35)12-6-13(36-2)23(14(7-12)37-3)42-26-22(34)19(31)17(29)15(9-28)40-26/h4,6-7,15-22,25-34H,5,8-10H2,1-3H3/b11-4+/t15-,16-,17-,18-,19+,20+,21-,22-,25-,26+/m1/s1. The third-order valence-electron chi connectivity index (χ3n) is 6.77. The van der Waals surface area contributed by atoms with Crippen molar-refractivity contribution in [3.8, 4) is 17.2 Å². The van der Waals surface area contributed by atoms with Gasteiger partial charge in [0, 0.05) is 0 Å². The summed E-state index contributed by atoms with van der Waals surface area (Å²) in [5, 5.41) is 79.6. The lowest BCUT2D eigenvalue weighted by Gasteiger charge is -2.40. The van der Waals surface area contributed by atoms with E-state index in [2.05, 4.69) is 0 Å². The molecule has 2 saturated heterocycles. The molecule has 2 aliphatic heterocycles. The maximum Gasteiger partial charge on any atom is 0.338 e. The number of esters is 1. The number of carbonyl (C=O) groups excluding carboxylic acids is 1. The molecule has 2 aliphatic rings. The first-order chi connectivity index (χ1) is 20.0. The second-order valence-electron chi connectivity index (χ2n) is 9.68. The fraction of sp³-hybridized carbons (Fsp3) is 0.654. The third-order valence-corrected chi connectivity index (χ3v) is 6.77. The molecule has 0 aliphatic carbocycles. The summed E-state index contributed by atoms with van der Waals surface area (Å²) in [6.45, 7) is 0.157. The van der Waals surface area contributed by atoms with Gasteiger partial charge in [0.15, 0.2) is 17.8 Å². The zero-order valence-corrected chi connectivity index (χ0v) is 23.2. The first-order valence-corrected chi connectivity index (χ1v) is 12.9. The van der Waals surface area contributed by atoms with Crippen molar-refractivity contribution in [3.05, 3.63) is 29.3 Å². The molecule has 0 amide bonds. The number of carbonyl (C=O) groups is 1. The summed E-state index contributed by atoms with van der Waals surface area (Å²) < 4.78 is 37.8. The van der Waals surface area contributed by atoms with Gasteiger partial charge in [-0.05, 0) is 24.6 Å². The highest BCUT2D eigenvalue weighted by Crippen LogP contribution is 2.41. The fourth-order valence-electron chi connectivity index (χ4n) is 4.18. The van der Waals surface area contributed by atoms with E-state index in [1.54, 1.807) is 6.92 Å². The van der Waals surface area contributed by atoms with Gasteiger partial charge in [0.2, 0.25) is 12.0 Å². The smallest absolute Gasteiger partial charge is 0.338 e. The minimum atomic E-state index is -1.72. The summed E-state index contributed by atoms with van der Waals surface area (Å²) in [4.78, 5) is 12.9. The van der Waals surface area contributed by atoms with Crippen molar-refractivity contribution in [2.24, 2.45) is 0 Å². The molecule has 1 aromatic rings. The monoisotopic (exact) mass is 606 g/mol. The Labute approximate surface area is 240 Å². The van der Waals surface area contributed by atoms with Gasteiger partial charge in [0.1, 0.15) is 55.4 Å². The van der Waals surface area contributed by atoms with E-state index in [0.29, 0.717) is 5.57 Å². The van der Waals surface area contributed by atoms with Crippen molar-refractivity contribution < 1.29 is 78.8 Å². The van der Waals surface area contributed by atoms with Gasteiger partial charge in [-0.25, -0.2) is 4.79 Å². The van der Waals surface area contributed by atoms with E-state index in [9.17, 15) is 40.5 Å². The van der Waals surface area contributed by atoms with Crippen LogP contribution in [0.25, 0.3) is 0 Å². The van der Waals surface area contributed by atoms with Crippen molar-refractivity contribution in [2.75, 3.05) is 40.6 Å². The summed E-state index contributed by atoms with van der Waals surface area (Å²) in [6.07, 6.45) is -13.8. The van der Waals surface area contributed by atoms with Crippen molar-refractivity contribution in [3.63, 3.8) is 0 Å². The van der Waals surface area contributed by atoms with Crippen LogP contribution in [-0.4, -0.2) is 149 Å². The first kappa shape index (κ1) is 33.9. The molecule has 2 heterocycles. The van der Waals surface area contributed by atoms with Crippen molar-refractivity contribution in [2.45, 2.75) is 68.3 Å². The van der Waals surface area contributed by atoms with Crippen LogP contribution in [0.4, 0.5) is 0 Å². The van der Waals surface area contributed by atoms with E-state index in [0.717, 1.165) is 0 Å². The van der Waals surface area contributed by atoms with Gasteiger partial charge < -0.3 is 74.0 Å². The Kier molecular flexibility index (Phi) is 12.3. The van der Waals surface area contributed by atoms with E-state index in [1.165, 1.54) is 32.4 Å². The van der Waals surface area contributed by atoms with Crippen molar-refractivity contribution in [1.29, 1.82) is 0 Å². The number of rotatable bonds is 12. The van der Waals surface area contributed by atoms with Crippen molar-refractivity contribution in [1.82, 2.24) is 0 Å². The summed E-state index contributed by atoms with van der Waals surface area (Å²) in [5.41, 5.74) is 0.495. The molecule has 0 saturated carbocycles. The molecule has 2 fully saturated rings. The molecule has 16 heteroatoms. The van der Waals surface area contributed by atoms with Crippen LogP contribution in [0.3, 0.4) is 0 Å². The maximum absolute atomic E-state index is 12.9. The molecule has 238 valence electrons. The van der Waals surface area contributed by atoms with E-state index in [1.807, 2.05) is 0 Å². The maximum atomic E-state index is 12.9. The number of hydrogen-bond acceptors (Lipinski definition) is 16. The molecule has 0 bridgehead atoms. The number of aliphatic hydroxyl groups excluding tert-OH is 8. The minimum absolute atomic E-state index is 0.0689. The fourth-order valence-corrected chi connectivity index (χ4v) is 4.18. The zero-order chi connectivity index (χ0) is 31.1. The Hall–Kier alpha value is -2.61. The van der Waals surface area contributed by atoms with Crippen LogP contribution in [0.5, 0.6) is 17.2 Å². The van der Waals surface area contributed by atoms with Gasteiger partial charge in [-0.1, -0.05) is 6.08 Å². The second-order valence-corrected chi connectivity index (χ2v) is 9.68. The molecule has 8 N–H and O–H groups in total. The number of methoxy groups -OCH3 is 2. The Bertz CT molecular complexity index is 1040. The van der Waals surface area contributed by atoms with Crippen LogP contribution in [0.2, 0.25) is 0 Å². The van der Waals surface area contributed by atoms with Crippen LogP contribution in [0.15, 0.2) is 23.8 Å². The van der Waals surface area contributed by atoms with Crippen LogP contribution >= 0.6 is 0 Å². The topological polar surface area (TPSA) is 244 Å². The minimum Gasteiger partial charge on any atom is -0.493 e. The number of ether oxygens (including phenoxy) is 7. The van der Waals surface area contributed by atoms with Gasteiger partial charge in [-0.2, -0.15) is 0 Å². The largest absolute Gasteiger partial charge is 0.493 e. The van der Waals surface area contributed by atoms with E-state index >= 15 is 0 Å². The van der Waals surface area contributed by atoms with Crippen LogP contribution in [0.1, 0.15) is 17.3 Å². The van der Waals surface area contributed by atoms with Gasteiger partial charge in [-0.3, -0.25) is 0 Å². The molecule has 10 atom stereocenters. The molecule has 0 spiro atoms. The molecule has 3 rings (SSSR count). The van der Waals surface area contributed by atoms with Crippen LogP contribution in [0, 0.1) is 0 Å². The predicted octanol–water partition coefficient (Wildman–Crippen LogP) is -3.20. The lowest BCUT2D eigenvalue weighted by atomic mass is 9.99. The molecule has 42 heavy (non-hydrogen) atoms. The normalized spacial score (nSPS) is 33.6. The van der Waals surface area contributed by atoms with Gasteiger partial charge in [0.05, 0.1) is 39.6 Å². The molecular formula is C26H38O16. The quantitative estimate of drug-likeness (QED) is 0.0863. The lowest BCUT2D eigenvalue weighted by molar-refractivity contribution is -0.298. The van der Waals surface area contributed by atoms with Gasteiger partial charge >= 0.3 is 5.97 Å². The SMILES string of the molecule is COc1cc(C(=O)OC[C@H]2O[C@@H](OC/C=C(\C)CO)[C@H](O)[C@@H](O)[C@@H]2O)cc(OC)c1O[C@@H]1O[C@H](CO)[C@@H](O)[C@H](O)[C@H]1O. The average molecular weight is 607 g/mol. The Balaban J connectivity index is 1.72. The van der Waals surface area contributed by atoms with Crippen molar-refractivity contribution >= 4 is 5.97 Å². The van der Waals surface area contributed by atoms with E-state index in [4.69, 9.17) is 38.3 Å². The zero-order valence-electron chi connectivity index (χ0n) is 23.2. The Morgan fingerprint density at radius 3 is 1.93 bits per heavy atom. The Morgan fingerprint density at radius 1 is 0.833 bits per heavy atom. The van der Waals surface area contributed by atoms with Crippen LogP contribution in [-0.2, 0) is 18.9 Å². The highest BCUT2D eigenvalue weighted by Gasteiger charge is 2.46. The average Bonchev–Trinajstić information content (AvgIpc) is 3.00. The van der Waals surface area contributed by atoms with Gasteiger partial charge in [0.25, 0.3) is 0 Å². The summed E-state index contributed by atoms with van der Waals surface area (Å²) in [6, 6.07) is 2.42. The summed E-state index contributed by atoms with van der Waals surface area (Å²) in [5.74, 6) is -1.23. The molecular weight excluding hydrogens is 568 g/mol. The first-order valence-electron chi connectivity index (χ1n) is 12.9. The summed E-state index contributed by atoms with van der Waals surface area (Å²) >= 11 is 0. The number of hydrogen-bond donors (Lipinski definition) is 8. The molecule has 16 nitrogen and oxygen atoms in total.